The molecule has 2 rings (SSSR count). The summed E-state index contributed by atoms with van der Waals surface area (Å²) in [6.07, 6.45) is 0.889. The zero-order valence-electron chi connectivity index (χ0n) is 9.71. The van der Waals surface area contributed by atoms with Gasteiger partial charge in [-0.25, -0.2) is 0 Å². The summed E-state index contributed by atoms with van der Waals surface area (Å²) in [4.78, 5) is 1.30. The minimum atomic E-state index is 0.290. The van der Waals surface area contributed by atoms with Gasteiger partial charge in [0.15, 0.2) is 0 Å². The molecule has 96 valence electrons. The molecule has 0 aliphatic heterocycles. The van der Waals surface area contributed by atoms with Crippen LogP contribution in [0.4, 0.5) is 0 Å². The van der Waals surface area contributed by atoms with E-state index in [1.54, 1.807) is 11.3 Å². The van der Waals surface area contributed by atoms with E-state index in [0.717, 1.165) is 10.9 Å². The molecule has 1 aromatic heterocycles. The summed E-state index contributed by atoms with van der Waals surface area (Å²) in [7, 11) is 1.97. The van der Waals surface area contributed by atoms with Crippen LogP contribution in [0.5, 0.6) is 0 Å². The third-order valence-electron chi connectivity index (χ3n) is 2.70. The standard InChI is InChI=1S/C13H12BrCl2NS/c1-17-12(13-6-9(14)7-18-13)5-8-2-3-10(15)11(16)4-8/h2-4,6-7,12,17H,5H2,1H3. The lowest BCUT2D eigenvalue weighted by Gasteiger charge is -2.14. The maximum Gasteiger partial charge on any atom is 0.0595 e. The molecule has 1 aromatic carbocycles. The van der Waals surface area contributed by atoms with E-state index in [9.17, 15) is 0 Å². The Morgan fingerprint density at radius 2 is 2.06 bits per heavy atom. The third kappa shape index (κ3) is 3.49. The molecule has 1 N–H and O–H groups in total. The first-order valence-electron chi connectivity index (χ1n) is 5.45. The van der Waals surface area contributed by atoms with Gasteiger partial charge >= 0.3 is 0 Å². The Morgan fingerprint density at radius 3 is 2.61 bits per heavy atom. The number of rotatable bonds is 4. The molecule has 0 aliphatic carbocycles. The summed E-state index contributed by atoms with van der Waals surface area (Å²) < 4.78 is 1.12. The monoisotopic (exact) mass is 363 g/mol. The summed E-state index contributed by atoms with van der Waals surface area (Å²) in [6, 6.07) is 8.22. The van der Waals surface area contributed by atoms with E-state index in [0.29, 0.717) is 16.1 Å². The van der Waals surface area contributed by atoms with Crippen molar-refractivity contribution >= 4 is 50.5 Å². The fourth-order valence-corrected chi connectivity index (χ4v) is 3.63. The Labute approximate surface area is 129 Å². The Balaban J connectivity index is 2.17. The number of thiophene rings is 1. The van der Waals surface area contributed by atoms with Gasteiger partial charge in [-0.15, -0.1) is 11.3 Å². The average molecular weight is 365 g/mol. The van der Waals surface area contributed by atoms with Crippen LogP contribution in [0.2, 0.25) is 10.0 Å². The number of likely N-dealkylation sites (N-methyl/N-ethyl adjacent to an activating group) is 1. The fourth-order valence-electron chi connectivity index (χ4n) is 1.76. The molecule has 0 saturated heterocycles. The summed E-state index contributed by atoms with van der Waals surface area (Å²) >= 11 is 17.2. The fraction of sp³-hybridized carbons (Fsp3) is 0.231. The van der Waals surface area contributed by atoms with Crippen LogP contribution in [0.15, 0.2) is 34.1 Å². The van der Waals surface area contributed by atoms with Gasteiger partial charge in [-0.3, -0.25) is 0 Å². The second-order valence-corrected chi connectivity index (χ2v) is 6.63. The summed E-state index contributed by atoms with van der Waals surface area (Å²) in [5.74, 6) is 0. The quantitative estimate of drug-likeness (QED) is 0.773. The Morgan fingerprint density at radius 1 is 1.28 bits per heavy atom. The number of hydrogen-bond donors (Lipinski definition) is 1. The van der Waals surface area contributed by atoms with Crippen molar-refractivity contribution in [2.24, 2.45) is 0 Å². The van der Waals surface area contributed by atoms with E-state index in [1.165, 1.54) is 10.4 Å². The van der Waals surface area contributed by atoms with Crippen molar-refractivity contribution in [3.05, 3.63) is 54.6 Å². The lowest BCUT2D eigenvalue weighted by molar-refractivity contribution is 0.602. The van der Waals surface area contributed by atoms with Gasteiger partial charge in [-0.05, 0) is 53.2 Å². The van der Waals surface area contributed by atoms with Crippen molar-refractivity contribution in [3.63, 3.8) is 0 Å². The van der Waals surface area contributed by atoms with Crippen molar-refractivity contribution in [1.29, 1.82) is 0 Å². The van der Waals surface area contributed by atoms with Crippen molar-refractivity contribution < 1.29 is 0 Å². The molecule has 0 spiro atoms. The third-order valence-corrected chi connectivity index (χ3v) is 5.25. The highest BCUT2D eigenvalue weighted by Crippen LogP contribution is 2.29. The van der Waals surface area contributed by atoms with Crippen LogP contribution in [-0.2, 0) is 6.42 Å². The SMILES string of the molecule is CNC(Cc1ccc(Cl)c(Cl)c1)c1cc(Br)cs1. The summed E-state index contributed by atoms with van der Waals surface area (Å²) in [5.41, 5.74) is 1.17. The van der Waals surface area contributed by atoms with Crippen LogP contribution in [0, 0.1) is 0 Å². The van der Waals surface area contributed by atoms with E-state index >= 15 is 0 Å². The van der Waals surface area contributed by atoms with E-state index < -0.39 is 0 Å². The number of nitrogens with one attached hydrogen (secondary N) is 1. The van der Waals surface area contributed by atoms with E-state index in [4.69, 9.17) is 23.2 Å². The zero-order valence-corrected chi connectivity index (χ0v) is 13.6. The zero-order chi connectivity index (χ0) is 13.1. The Kier molecular flexibility index (Phi) is 5.10. The Bertz CT molecular complexity index is 542. The first-order chi connectivity index (χ1) is 8.60. The molecule has 0 aliphatic rings. The second kappa shape index (κ2) is 6.40. The normalized spacial score (nSPS) is 12.7. The predicted molar refractivity (Wildman–Crippen MR) is 84.0 cm³/mol. The van der Waals surface area contributed by atoms with Crippen molar-refractivity contribution in [2.45, 2.75) is 12.5 Å². The summed E-state index contributed by atoms with van der Waals surface area (Å²) in [6.45, 7) is 0. The molecule has 0 radical (unpaired) electrons. The van der Waals surface area contributed by atoms with Crippen LogP contribution in [0.1, 0.15) is 16.5 Å². The van der Waals surface area contributed by atoms with Crippen LogP contribution < -0.4 is 5.32 Å². The van der Waals surface area contributed by atoms with Gasteiger partial charge in [-0.2, -0.15) is 0 Å². The molecule has 0 fully saturated rings. The van der Waals surface area contributed by atoms with Gasteiger partial charge < -0.3 is 5.32 Å². The number of hydrogen-bond acceptors (Lipinski definition) is 2. The lowest BCUT2D eigenvalue weighted by Crippen LogP contribution is -2.17. The van der Waals surface area contributed by atoms with Crippen LogP contribution in [-0.4, -0.2) is 7.05 Å². The van der Waals surface area contributed by atoms with Gasteiger partial charge in [0.05, 0.1) is 10.0 Å². The first-order valence-corrected chi connectivity index (χ1v) is 7.88. The molecular weight excluding hydrogens is 353 g/mol. The molecule has 18 heavy (non-hydrogen) atoms. The minimum absolute atomic E-state index is 0.290. The topological polar surface area (TPSA) is 12.0 Å². The largest absolute Gasteiger partial charge is 0.312 e. The van der Waals surface area contributed by atoms with Crippen molar-refractivity contribution in [3.8, 4) is 0 Å². The molecular formula is C13H12BrCl2NS. The molecule has 1 atom stereocenters. The lowest BCUT2D eigenvalue weighted by atomic mass is 10.0. The first kappa shape index (κ1) is 14.4. The average Bonchev–Trinajstić information content (AvgIpc) is 2.77. The molecule has 5 heteroatoms. The molecule has 1 unspecified atom stereocenters. The molecule has 0 amide bonds. The van der Waals surface area contributed by atoms with Crippen LogP contribution in [0.3, 0.4) is 0 Å². The van der Waals surface area contributed by atoms with Gasteiger partial charge in [0.2, 0.25) is 0 Å². The second-order valence-electron chi connectivity index (χ2n) is 3.96. The molecule has 0 bridgehead atoms. The van der Waals surface area contributed by atoms with Crippen LogP contribution >= 0.6 is 50.5 Å². The predicted octanol–water partition coefficient (Wildman–Crippen LogP) is 5.32. The molecule has 0 saturated carbocycles. The van der Waals surface area contributed by atoms with Crippen molar-refractivity contribution in [2.75, 3.05) is 7.05 Å². The van der Waals surface area contributed by atoms with Crippen LogP contribution in [0.25, 0.3) is 0 Å². The molecule has 1 heterocycles. The van der Waals surface area contributed by atoms with Gasteiger partial charge in [0.25, 0.3) is 0 Å². The van der Waals surface area contributed by atoms with Gasteiger partial charge in [-0.1, -0.05) is 29.3 Å². The molecule has 2 aromatic rings. The highest BCUT2D eigenvalue weighted by Gasteiger charge is 2.13. The van der Waals surface area contributed by atoms with Gasteiger partial charge in [0.1, 0.15) is 0 Å². The number of benzene rings is 1. The highest BCUT2D eigenvalue weighted by molar-refractivity contribution is 9.10. The summed E-state index contributed by atoms with van der Waals surface area (Å²) in [5, 5.41) is 6.62. The van der Waals surface area contributed by atoms with Crippen molar-refractivity contribution in [1.82, 2.24) is 5.32 Å². The Hall–Kier alpha value is -0.0600. The van der Waals surface area contributed by atoms with Gasteiger partial charge in [0, 0.05) is 20.8 Å². The van der Waals surface area contributed by atoms with E-state index in [2.05, 4.69) is 32.7 Å². The maximum absolute atomic E-state index is 6.03. The smallest absolute Gasteiger partial charge is 0.0595 e. The van der Waals surface area contributed by atoms with E-state index in [-0.39, 0.29) is 0 Å². The number of halogens is 3. The minimum Gasteiger partial charge on any atom is -0.312 e. The highest BCUT2D eigenvalue weighted by atomic mass is 79.9. The maximum atomic E-state index is 6.03. The molecule has 1 nitrogen and oxygen atoms in total. The van der Waals surface area contributed by atoms with E-state index in [1.807, 2.05) is 25.2 Å².